The fourth-order valence-electron chi connectivity index (χ4n) is 3.22. The van der Waals surface area contributed by atoms with Crippen molar-refractivity contribution in [3.63, 3.8) is 0 Å². The highest BCUT2D eigenvalue weighted by atomic mass is 35.5. The van der Waals surface area contributed by atoms with E-state index in [1.807, 2.05) is 0 Å². The summed E-state index contributed by atoms with van der Waals surface area (Å²) in [5.41, 5.74) is 6.61. The third-order valence-electron chi connectivity index (χ3n) is 4.58. The molecule has 7 heteroatoms. The molecular weight excluding hydrogens is 340 g/mol. The Morgan fingerprint density at radius 1 is 1.32 bits per heavy atom. The van der Waals surface area contributed by atoms with Gasteiger partial charge in [-0.15, -0.1) is 0 Å². The third-order valence-corrected chi connectivity index (χ3v) is 4.90. The van der Waals surface area contributed by atoms with Crippen molar-refractivity contribution in [3.05, 3.63) is 22.7 Å². The van der Waals surface area contributed by atoms with Crippen molar-refractivity contribution in [1.29, 1.82) is 0 Å². The Morgan fingerprint density at radius 3 is 2.64 bits per heavy atom. The van der Waals surface area contributed by atoms with Crippen LogP contribution in [0.3, 0.4) is 0 Å². The van der Waals surface area contributed by atoms with E-state index in [9.17, 15) is 4.79 Å². The van der Waals surface area contributed by atoms with Gasteiger partial charge in [0.1, 0.15) is 5.75 Å². The fraction of sp³-hybridized carbons (Fsp3) is 0.611. The minimum Gasteiger partial charge on any atom is -0.496 e. The number of rotatable bonds is 6. The number of nitrogens with two attached hydrogens (primary N) is 1. The van der Waals surface area contributed by atoms with Crippen LogP contribution >= 0.6 is 11.6 Å². The largest absolute Gasteiger partial charge is 0.496 e. The number of nitrogen functional groups attached to an aromatic ring is 1. The van der Waals surface area contributed by atoms with Crippen molar-refractivity contribution in [1.82, 2.24) is 15.1 Å². The van der Waals surface area contributed by atoms with E-state index in [-0.39, 0.29) is 11.9 Å². The van der Waals surface area contributed by atoms with Crippen LogP contribution in [-0.2, 0) is 0 Å². The Bertz CT molecular complexity index is 597. The fourth-order valence-corrected chi connectivity index (χ4v) is 3.39. The Morgan fingerprint density at radius 2 is 2.00 bits per heavy atom. The molecule has 1 aliphatic heterocycles. The quantitative estimate of drug-likeness (QED) is 0.752. The number of likely N-dealkylation sites (N-methyl/N-ethyl adjacent to an activating group) is 1. The number of carbonyl (C=O) groups is 1. The zero-order valence-electron chi connectivity index (χ0n) is 15.3. The van der Waals surface area contributed by atoms with Gasteiger partial charge in [-0.1, -0.05) is 25.4 Å². The average Bonchev–Trinajstić information content (AvgIpc) is 2.79. The third kappa shape index (κ3) is 5.23. The lowest BCUT2D eigenvalue weighted by atomic mass is 10.1. The topological polar surface area (TPSA) is 70.8 Å². The second-order valence-electron chi connectivity index (χ2n) is 6.44. The second kappa shape index (κ2) is 9.27. The van der Waals surface area contributed by atoms with Gasteiger partial charge in [0.05, 0.1) is 29.4 Å². The van der Waals surface area contributed by atoms with Crippen molar-refractivity contribution in [2.75, 3.05) is 52.1 Å². The predicted molar refractivity (Wildman–Crippen MR) is 103 cm³/mol. The number of nitrogens with one attached hydrogen (secondary N) is 1. The van der Waals surface area contributed by atoms with Crippen LogP contribution in [0.15, 0.2) is 12.1 Å². The Labute approximate surface area is 155 Å². The van der Waals surface area contributed by atoms with Crippen LogP contribution in [0.1, 0.15) is 30.6 Å². The van der Waals surface area contributed by atoms with Crippen molar-refractivity contribution in [2.24, 2.45) is 0 Å². The highest BCUT2D eigenvalue weighted by Gasteiger charge is 2.24. The van der Waals surface area contributed by atoms with Crippen LogP contribution in [0.4, 0.5) is 5.69 Å². The first kappa shape index (κ1) is 19.8. The monoisotopic (exact) mass is 368 g/mol. The molecule has 1 aliphatic rings. The molecule has 0 radical (unpaired) electrons. The molecule has 1 amide bonds. The zero-order valence-corrected chi connectivity index (χ0v) is 16.1. The molecule has 1 atom stereocenters. The molecule has 1 heterocycles. The van der Waals surface area contributed by atoms with E-state index < -0.39 is 0 Å². The number of halogens is 1. The number of nitrogens with zero attached hydrogens (tertiary/aromatic N) is 2. The van der Waals surface area contributed by atoms with Crippen LogP contribution in [0.2, 0.25) is 5.02 Å². The summed E-state index contributed by atoms with van der Waals surface area (Å²) in [6, 6.07) is 3.22. The lowest BCUT2D eigenvalue weighted by Gasteiger charge is -2.25. The minimum atomic E-state index is -0.182. The number of hydrogen-bond acceptors (Lipinski definition) is 5. The first-order valence-corrected chi connectivity index (χ1v) is 9.24. The lowest BCUT2D eigenvalue weighted by Crippen LogP contribution is -2.46. The summed E-state index contributed by atoms with van der Waals surface area (Å²) < 4.78 is 5.30. The van der Waals surface area contributed by atoms with Crippen LogP contribution < -0.4 is 15.8 Å². The van der Waals surface area contributed by atoms with Gasteiger partial charge in [0.15, 0.2) is 0 Å². The summed E-state index contributed by atoms with van der Waals surface area (Å²) in [6.07, 6.45) is 1.11. The van der Waals surface area contributed by atoms with Crippen molar-refractivity contribution >= 4 is 23.2 Å². The van der Waals surface area contributed by atoms with Gasteiger partial charge in [-0.25, -0.2) is 0 Å². The maximum Gasteiger partial charge on any atom is 0.255 e. The molecule has 0 saturated carbocycles. The number of methoxy groups -OCH3 is 1. The zero-order chi connectivity index (χ0) is 18.4. The van der Waals surface area contributed by atoms with Gasteiger partial charge in [0, 0.05) is 32.2 Å². The summed E-state index contributed by atoms with van der Waals surface area (Å²) in [7, 11) is 1.52. The van der Waals surface area contributed by atoms with Crippen LogP contribution in [0.5, 0.6) is 5.75 Å². The Balaban J connectivity index is 2.15. The Hall–Kier alpha value is -1.50. The van der Waals surface area contributed by atoms with Crippen LogP contribution in [0, 0.1) is 0 Å². The molecule has 6 nitrogen and oxygen atoms in total. The van der Waals surface area contributed by atoms with Gasteiger partial charge in [0.2, 0.25) is 0 Å². The molecule has 3 N–H and O–H groups in total. The summed E-state index contributed by atoms with van der Waals surface area (Å²) >= 11 is 6.09. The second-order valence-corrected chi connectivity index (χ2v) is 6.85. The normalized spacial score (nSPS) is 19.4. The maximum atomic E-state index is 12.8. The summed E-state index contributed by atoms with van der Waals surface area (Å²) in [5.74, 6) is 0.254. The lowest BCUT2D eigenvalue weighted by molar-refractivity contribution is 0.0920. The Kier molecular flexibility index (Phi) is 7.35. The molecule has 1 aromatic carbocycles. The number of benzene rings is 1. The van der Waals surface area contributed by atoms with Crippen molar-refractivity contribution in [3.8, 4) is 5.75 Å². The van der Waals surface area contributed by atoms with Gasteiger partial charge in [-0.05, 0) is 25.6 Å². The number of hydrogen-bond donors (Lipinski definition) is 2. The smallest absolute Gasteiger partial charge is 0.255 e. The molecular formula is C18H29ClN4O2. The van der Waals surface area contributed by atoms with Crippen molar-refractivity contribution < 1.29 is 9.53 Å². The van der Waals surface area contributed by atoms with Crippen molar-refractivity contribution in [2.45, 2.75) is 26.3 Å². The van der Waals surface area contributed by atoms with Gasteiger partial charge in [-0.3, -0.25) is 9.69 Å². The standard InChI is InChI=1S/C18H29ClN4O2/c1-4-6-23-8-7-22(5-2)11-13(12-23)21-18(24)14-9-15(19)16(20)10-17(14)25-3/h9-10,13H,4-8,11-12,20H2,1-3H3,(H,21,24). The minimum absolute atomic E-state index is 0.0579. The molecule has 0 aliphatic carbocycles. The molecule has 0 spiro atoms. The summed E-state index contributed by atoms with van der Waals surface area (Å²) in [5, 5.41) is 3.50. The van der Waals surface area contributed by atoms with Gasteiger partial charge in [-0.2, -0.15) is 0 Å². The predicted octanol–water partition coefficient (Wildman–Crippen LogP) is 2.08. The first-order chi connectivity index (χ1) is 12.0. The van der Waals surface area contributed by atoms with E-state index in [4.69, 9.17) is 22.1 Å². The molecule has 1 fully saturated rings. The van der Waals surface area contributed by atoms with E-state index in [1.54, 1.807) is 12.1 Å². The molecule has 1 unspecified atom stereocenters. The van der Waals surface area contributed by atoms with E-state index in [0.29, 0.717) is 22.0 Å². The molecule has 1 saturated heterocycles. The highest BCUT2D eigenvalue weighted by Crippen LogP contribution is 2.28. The SMILES string of the molecule is CCCN1CCN(CC)CC(NC(=O)c2cc(Cl)c(N)cc2OC)C1. The molecule has 2 rings (SSSR count). The first-order valence-electron chi connectivity index (χ1n) is 8.87. The number of amides is 1. The average molecular weight is 369 g/mol. The van der Waals surface area contributed by atoms with E-state index in [2.05, 4.69) is 29.0 Å². The van der Waals surface area contributed by atoms with Crippen LogP contribution in [0.25, 0.3) is 0 Å². The highest BCUT2D eigenvalue weighted by molar-refractivity contribution is 6.33. The molecule has 0 bridgehead atoms. The molecule has 25 heavy (non-hydrogen) atoms. The maximum absolute atomic E-state index is 12.8. The molecule has 1 aromatic rings. The molecule has 0 aromatic heterocycles. The summed E-state index contributed by atoms with van der Waals surface area (Å²) in [4.78, 5) is 17.6. The van der Waals surface area contributed by atoms with Gasteiger partial charge >= 0.3 is 0 Å². The van der Waals surface area contributed by atoms with Crippen LogP contribution in [-0.4, -0.2) is 68.1 Å². The van der Waals surface area contributed by atoms with Gasteiger partial charge < -0.3 is 20.7 Å². The number of carbonyl (C=O) groups excluding carboxylic acids is 1. The van der Waals surface area contributed by atoms with E-state index >= 15 is 0 Å². The molecule has 140 valence electrons. The summed E-state index contributed by atoms with van der Waals surface area (Å²) in [6.45, 7) is 10.1. The van der Waals surface area contributed by atoms with E-state index in [1.165, 1.54) is 7.11 Å². The van der Waals surface area contributed by atoms with Gasteiger partial charge in [0.25, 0.3) is 5.91 Å². The number of anilines is 1. The number of ether oxygens (including phenoxy) is 1. The van der Waals surface area contributed by atoms with E-state index in [0.717, 1.165) is 45.7 Å².